The van der Waals surface area contributed by atoms with Crippen molar-refractivity contribution >= 4 is 24.3 Å². The van der Waals surface area contributed by atoms with Crippen molar-refractivity contribution in [2.45, 2.75) is 0 Å². The Morgan fingerprint density at radius 3 is 2.03 bits per heavy atom. The Hall–Kier alpha value is -4.90. The number of carbonyl (C=O) groups is 1. The number of hydrazone groups is 1. The molecule has 1 amide bonds. The lowest BCUT2D eigenvalue weighted by atomic mass is 10.2. The lowest BCUT2D eigenvalue weighted by Gasteiger charge is -2.19. The van der Waals surface area contributed by atoms with Crippen LogP contribution in [0.25, 0.3) is 11.4 Å². The number of benzene rings is 3. The van der Waals surface area contributed by atoms with Gasteiger partial charge >= 0.3 is 0 Å². The fourth-order valence-electron chi connectivity index (χ4n) is 3.67. The minimum atomic E-state index is -0.712. The van der Waals surface area contributed by atoms with E-state index in [-0.39, 0.29) is 21.6 Å². The van der Waals surface area contributed by atoms with E-state index in [0.717, 1.165) is 6.21 Å². The molecule has 0 saturated heterocycles. The van der Waals surface area contributed by atoms with Gasteiger partial charge in [-0.05, 0) is 48.6 Å². The summed E-state index contributed by atoms with van der Waals surface area (Å²) in [6, 6.07) is 19.5. The third kappa shape index (κ3) is 4.80. The molecule has 3 aromatic carbocycles. The molecule has 10 nitrogen and oxygen atoms in total. The highest BCUT2D eigenvalue weighted by atomic mass is 32.1. The van der Waals surface area contributed by atoms with E-state index in [1.54, 1.807) is 60.7 Å². The highest BCUT2D eigenvalue weighted by Gasteiger charge is 2.21. The quantitative estimate of drug-likeness (QED) is 0.194. The van der Waals surface area contributed by atoms with Crippen LogP contribution >= 0.6 is 12.2 Å². The third-order valence-electron chi connectivity index (χ3n) is 5.43. The number of methoxy groups -OCH3 is 2. The van der Waals surface area contributed by atoms with Crippen molar-refractivity contribution in [3.8, 4) is 34.5 Å². The molecule has 1 aromatic heterocycles. The minimum absolute atomic E-state index is 0.0136. The van der Waals surface area contributed by atoms with Crippen molar-refractivity contribution in [1.82, 2.24) is 14.6 Å². The second-order valence-electron chi connectivity index (χ2n) is 7.56. The number of carbonyl (C=O) groups excluding carboxylic acids is 1. The smallest absolute Gasteiger partial charge is 0.275 e. The molecule has 4 aromatic rings. The summed E-state index contributed by atoms with van der Waals surface area (Å²) in [6.07, 6.45) is 1.00. The van der Waals surface area contributed by atoms with Gasteiger partial charge in [0.05, 0.1) is 37.4 Å². The molecule has 0 bridgehead atoms. The SMILES string of the molecule is COc1ccccc1-n1c(O)c(/C=N/NC(=O)c2ccccc2O)c(=O)n(-c2ccccc2OC)c1=S. The number of hydrogen-bond acceptors (Lipinski definition) is 8. The fourth-order valence-corrected chi connectivity index (χ4v) is 4.03. The average Bonchev–Trinajstić information content (AvgIpc) is 2.91. The number of amides is 1. The Bertz CT molecular complexity index is 1630. The Morgan fingerprint density at radius 2 is 1.43 bits per heavy atom. The van der Waals surface area contributed by atoms with Gasteiger partial charge in [0.1, 0.15) is 22.8 Å². The summed E-state index contributed by atoms with van der Waals surface area (Å²) in [7, 11) is 2.92. The highest BCUT2D eigenvalue weighted by Crippen LogP contribution is 2.29. The topological polar surface area (TPSA) is 127 Å². The summed E-state index contributed by atoms with van der Waals surface area (Å²) in [5.74, 6) is -0.720. The number of para-hydroxylation sites is 5. The molecule has 4 rings (SSSR count). The Labute approximate surface area is 216 Å². The predicted molar refractivity (Wildman–Crippen MR) is 140 cm³/mol. The average molecular weight is 519 g/mol. The van der Waals surface area contributed by atoms with Gasteiger partial charge in [-0.25, -0.2) is 9.99 Å². The van der Waals surface area contributed by atoms with E-state index in [1.807, 2.05) is 0 Å². The molecular formula is C26H22N4O6S. The first-order chi connectivity index (χ1) is 17.9. The largest absolute Gasteiger partial charge is 0.507 e. The first-order valence-corrected chi connectivity index (χ1v) is 11.3. The summed E-state index contributed by atoms with van der Waals surface area (Å²) in [4.78, 5) is 26.0. The molecular weight excluding hydrogens is 496 g/mol. The van der Waals surface area contributed by atoms with Gasteiger partial charge in [0.2, 0.25) is 5.88 Å². The number of aromatic nitrogens is 2. The van der Waals surface area contributed by atoms with E-state index in [1.165, 1.54) is 35.5 Å². The molecule has 0 radical (unpaired) electrons. The molecule has 188 valence electrons. The number of rotatable bonds is 7. The van der Waals surface area contributed by atoms with Crippen LogP contribution in [0, 0.1) is 4.77 Å². The van der Waals surface area contributed by atoms with E-state index in [0.29, 0.717) is 22.9 Å². The number of ether oxygens (including phenoxy) is 2. The normalized spacial score (nSPS) is 10.9. The van der Waals surface area contributed by atoms with Gasteiger partial charge in [-0.1, -0.05) is 36.4 Å². The zero-order valence-electron chi connectivity index (χ0n) is 19.8. The van der Waals surface area contributed by atoms with E-state index in [9.17, 15) is 19.8 Å². The zero-order valence-corrected chi connectivity index (χ0v) is 20.6. The maximum absolute atomic E-state index is 13.6. The van der Waals surface area contributed by atoms with Crippen LogP contribution in [0.5, 0.6) is 23.1 Å². The summed E-state index contributed by atoms with van der Waals surface area (Å²) >= 11 is 5.65. The molecule has 37 heavy (non-hydrogen) atoms. The number of nitrogens with zero attached hydrogens (tertiary/aromatic N) is 3. The Morgan fingerprint density at radius 1 is 0.892 bits per heavy atom. The number of nitrogens with one attached hydrogen (secondary N) is 1. The second-order valence-corrected chi connectivity index (χ2v) is 7.92. The molecule has 0 aliphatic carbocycles. The van der Waals surface area contributed by atoms with Crippen LogP contribution in [0.4, 0.5) is 0 Å². The van der Waals surface area contributed by atoms with Crippen LogP contribution in [0.1, 0.15) is 15.9 Å². The lowest BCUT2D eigenvalue weighted by molar-refractivity contribution is 0.0952. The zero-order chi connectivity index (χ0) is 26.5. The van der Waals surface area contributed by atoms with Crippen LogP contribution in [0.3, 0.4) is 0 Å². The van der Waals surface area contributed by atoms with E-state index >= 15 is 0 Å². The minimum Gasteiger partial charge on any atom is -0.507 e. The maximum atomic E-state index is 13.6. The van der Waals surface area contributed by atoms with Crippen LogP contribution < -0.4 is 20.5 Å². The number of phenols is 1. The van der Waals surface area contributed by atoms with E-state index in [2.05, 4.69) is 10.5 Å². The Kier molecular flexibility index (Phi) is 7.35. The van der Waals surface area contributed by atoms with Gasteiger partial charge in [0, 0.05) is 0 Å². The molecule has 0 fully saturated rings. The van der Waals surface area contributed by atoms with E-state index in [4.69, 9.17) is 21.7 Å². The fraction of sp³-hybridized carbons (Fsp3) is 0.0769. The first-order valence-electron chi connectivity index (χ1n) is 10.9. The molecule has 0 unspecified atom stereocenters. The van der Waals surface area contributed by atoms with Crippen LogP contribution in [-0.4, -0.2) is 45.7 Å². The van der Waals surface area contributed by atoms with Gasteiger partial charge in [0.25, 0.3) is 11.5 Å². The Balaban J connectivity index is 1.93. The highest BCUT2D eigenvalue weighted by molar-refractivity contribution is 7.71. The van der Waals surface area contributed by atoms with Gasteiger partial charge in [-0.15, -0.1) is 0 Å². The third-order valence-corrected chi connectivity index (χ3v) is 5.79. The molecule has 0 aliphatic rings. The molecule has 1 heterocycles. The molecule has 0 aliphatic heterocycles. The maximum Gasteiger partial charge on any atom is 0.275 e. The predicted octanol–water partition coefficient (Wildman–Crippen LogP) is 3.55. The number of aromatic hydroxyl groups is 2. The van der Waals surface area contributed by atoms with Crippen molar-refractivity contribution in [3.05, 3.63) is 99.0 Å². The van der Waals surface area contributed by atoms with Crippen molar-refractivity contribution in [3.63, 3.8) is 0 Å². The number of hydrogen-bond donors (Lipinski definition) is 3. The lowest BCUT2D eigenvalue weighted by Crippen LogP contribution is -2.28. The molecule has 0 saturated carbocycles. The standard InChI is InChI=1S/C26H22N4O6S/c1-35-21-13-7-4-10-18(21)29-24(33)17(15-27-28-23(32)16-9-3-6-12-20(16)31)25(34)30(26(29)37)19-11-5-8-14-22(19)36-2/h3-15,31,33H,1-2H3,(H,28,32)/b27-15+. The number of phenolic OH excluding ortho intramolecular Hbond substituents is 1. The summed E-state index contributed by atoms with van der Waals surface area (Å²) in [5.41, 5.74) is 1.94. The van der Waals surface area contributed by atoms with Crippen molar-refractivity contribution in [2.75, 3.05) is 14.2 Å². The van der Waals surface area contributed by atoms with Crippen molar-refractivity contribution in [2.24, 2.45) is 5.10 Å². The van der Waals surface area contributed by atoms with Gasteiger partial charge in [-0.3, -0.25) is 14.2 Å². The molecule has 0 spiro atoms. The van der Waals surface area contributed by atoms with Crippen LogP contribution in [0.2, 0.25) is 0 Å². The van der Waals surface area contributed by atoms with E-state index < -0.39 is 17.3 Å². The first kappa shape index (κ1) is 25.2. The summed E-state index contributed by atoms with van der Waals surface area (Å²) in [5, 5.41) is 24.9. The monoisotopic (exact) mass is 518 g/mol. The molecule has 0 atom stereocenters. The molecule has 11 heteroatoms. The van der Waals surface area contributed by atoms with Crippen molar-refractivity contribution < 1.29 is 24.5 Å². The second kappa shape index (κ2) is 10.8. The molecule has 3 N–H and O–H groups in total. The van der Waals surface area contributed by atoms with Gasteiger partial charge in [-0.2, -0.15) is 5.10 Å². The van der Waals surface area contributed by atoms with Gasteiger partial charge in [0.15, 0.2) is 4.77 Å². The summed E-state index contributed by atoms with van der Waals surface area (Å²) < 4.78 is 13.2. The van der Waals surface area contributed by atoms with Gasteiger partial charge < -0.3 is 19.7 Å². The van der Waals surface area contributed by atoms with Crippen molar-refractivity contribution in [1.29, 1.82) is 0 Å². The summed E-state index contributed by atoms with van der Waals surface area (Å²) in [6.45, 7) is 0. The van der Waals surface area contributed by atoms with Crippen LogP contribution in [0.15, 0.2) is 82.7 Å². The van der Waals surface area contributed by atoms with Crippen LogP contribution in [-0.2, 0) is 0 Å².